The number of hydrogen-bond acceptors (Lipinski definition) is 3. The van der Waals surface area contributed by atoms with Gasteiger partial charge in [-0.2, -0.15) is 0 Å². The molecule has 0 atom stereocenters. The van der Waals surface area contributed by atoms with Crippen LogP contribution in [0.15, 0.2) is 54.7 Å². The van der Waals surface area contributed by atoms with E-state index in [1.807, 2.05) is 36.4 Å². The monoisotopic (exact) mass is 405 g/mol. The van der Waals surface area contributed by atoms with Crippen molar-refractivity contribution in [2.75, 3.05) is 0 Å². The van der Waals surface area contributed by atoms with Crippen molar-refractivity contribution in [1.29, 1.82) is 0 Å². The summed E-state index contributed by atoms with van der Waals surface area (Å²) in [6.07, 6.45) is 3.01. The second-order valence-electron chi connectivity index (χ2n) is 7.85. The number of para-hydroxylation sites is 1. The lowest BCUT2D eigenvalue weighted by Crippen LogP contribution is -2.42. The summed E-state index contributed by atoms with van der Waals surface area (Å²) in [5.74, 6) is -0.250. The first-order chi connectivity index (χ1) is 14.4. The zero-order chi connectivity index (χ0) is 21.5. The van der Waals surface area contributed by atoms with Gasteiger partial charge in [-0.15, -0.1) is 0 Å². The Bertz CT molecular complexity index is 1040. The first kappa shape index (κ1) is 21.3. The summed E-state index contributed by atoms with van der Waals surface area (Å²) in [7, 11) is 0. The van der Waals surface area contributed by atoms with E-state index in [-0.39, 0.29) is 31.0 Å². The summed E-state index contributed by atoms with van der Waals surface area (Å²) in [5.41, 5.74) is 8.39. The summed E-state index contributed by atoms with van der Waals surface area (Å²) >= 11 is 0. The largest absolute Gasteiger partial charge is 0.361 e. The van der Waals surface area contributed by atoms with Gasteiger partial charge in [0.05, 0.1) is 6.42 Å². The summed E-state index contributed by atoms with van der Waals surface area (Å²) < 4.78 is 0. The molecule has 30 heavy (non-hydrogen) atoms. The number of hydrogen-bond donors (Lipinski definition) is 3. The van der Waals surface area contributed by atoms with Crippen LogP contribution in [-0.4, -0.2) is 22.6 Å². The number of ketones is 1. The molecule has 0 fully saturated rings. The second kappa shape index (κ2) is 9.87. The Morgan fingerprint density at radius 2 is 1.60 bits per heavy atom. The van der Waals surface area contributed by atoms with Crippen LogP contribution in [0.25, 0.3) is 10.9 Å². The molecule has 3 rings (SSSR count). The molecule has 0 spiro atoms. The minimum Gasteiger partial charge on any atom is -0.361 e. The molecule has 0 bridgehead atoms. The molecule has 3 aromatic rings. The molecule has 0 saturated heterocycles. The van der Waals surface area contributed by atoms with Crippen molar-refractivity contribution in [1.82, 2.24) is 15.8 Å². The highest BCUT2D eigenvalue weighted by Crippen LogP contribution is 2.18. The van der Waals surface area contributed by atoms with Crippen LogP contribution in [-0.2, 0) is 22.4 Å². The molecular weight excluding hydrogens is 378 g/mol. The molecule has 0 saturated carbocycles. The predicted molar refractivity (Wildman–Crippen MR) is 117 cm³/mol. The Labute approximate surface area is 176 Å². The highest BCUT2D eigenvalue weighted by atomic mass is 16.2. The lowest BCUT2D eigenvalue weighted by atomic mass is 9.99. The fourth-order valence-electron chi connectivity index (χ4n) is 3.37. The lowest BCUT2D eigenvalue weighted by molar-refractivity contribution is -0.128. The van der Waals surface area contributed by atoms with E-state index >= 15 is 0 Å². The summed E-state index contributed by atoms with van der Waals surface area (Å²) in [6.45, 7) is 4.30. The van der Waals surface area contributed by atoms with Crippen LogP contribution in [0.4, 0.5) is 0 Å². The molecule has 6 heteroatoms. The molecule has 0 aliphatic heterocycles. The van der Waals surface area contributed by atoms with Gasteiger partial charge in [0.15, 0.2) is 5.78 Å². The Morgan fingerprint density at radius 3 is 2.33 bits per heavy atom. The van der Waals surface area contributed by atoms with Gasteiger partial charge in [-0.05, 0) is 29.5 Å². The van der Waals surface area contributed by atoms with E-state index in [2.05, 4.69) is 29.7 Å². The van der Waals surface area contributed by atoms with Crippen LogP contribution < -0.4 is 10.9 Å². The molecule has 1 heterocycles. The van der Waals surface area contributed by atoms with E-state index in [4.69, 9.17) is 0 Å². The normalized spacial score (nSPS) is 10.9. The summed E-state index contributed by atoms with van der Waals surface area (Å²) in [6, 6.07) is 15.2. The third-order valence-electron chi connectivity index (χ3n) is 4.87. The van der Waals surface area contributed by atoms with Gasteiger partial charge in [0.1, 0.15) is 0 Å². The molecule has 0 aliphatic carbocycles. The van der Waals surface area contributed by atoms with E-state index < -0.39 is 5.91 Å². The van der Waals surface area contributed by atoms with Gasteiger partial charge < -0.3 is 4.98 Å². The maximum atomic E-state index is 12.3. The number of H-pyrrole nitrogens is 1. The molecule has 0 unspecified atom stereocenters. The molecule has 2 aromatic carbocycles. The molecule has 6 nitrogen and oxygen atoms in total. The third-order valence-corrected chi connectivity index (χ3v) is 4.87. The summed E-state index contributed by atoms with van der Waals surface area (Å²) in [5, 5.41) is 0.976. The zero-order valence-electron chi connectivity index (χ0n) is 17.3. The predicted octanol–water partition coefficient (Wildman–Crippen LogP) is 3.72. The number of nitrogens with one attached hydrogen (secondary N) is 3. The van der Waals surface area contributed by atoms with Crippen LogP contribution >= 0.6 is 0 Å². The van der Waals surface area contributed by atoms with Crippen molar-refractivity contribution in [2.24, 2.45) is 5.92 Å². The number of amides is 2. The SMILES string of the molecule is CC(C)Cc1ccc(C(=O)CCC(=O)NNC(=O)Cc2c[nH]c3ccccc23)cc1. The van der Waals surface area contributed by atoms with Crippen molar-refractivity contribution >= 4 is 28.5 Å². The van der Waals surface area contributed by atoms with Gasteiger partial charge >= 0.3 is 0 Å². The molecular formula is C24H27N3O3. The number of benzene rings is 2. The van der Waals surface area contributed by atoms with E-state index in [1.54, 1.807) is 18.3 Å². The number of carbonyl (C=O) groups excluding carboxylic acids is 3. The number of carbonyl (C=O) groups is 3. The standard InChI is InChI=1S/C24H27N3O3/c1-16(2)13-17-7-9-18(10-8-17)22(28)11-12-23(29)26-27-24(30)14-19-15-25-21-6-4-3-5-20(19)21/h3-10,15-16,25H,11-14H2,1-2H3,(H,26,29)(H,27,30). The molecule has 3 N–H and O–H groups in total. The fourth-order valence-corrected chi connectivity index (χ4v) is 3.37. The minimum absolute atomic E-state index is 0.0138. The van der Waals surface area contributed by atoms with Crippen LogP contribution in [0.1, 0.15) is 48.2 Å². The van der Waals surface area contributed by atoms with E-state index in [9.17, 15) is 14.4 Å². The molecule has 2 amide bonds. The fraction of sp³-hybridized carbons (Fsp3) is 0.292. The third kappa shape index (κ3) is 5.80. The topological polar surface area (TPSA) is 91.1 Å². The van der Waals surface area contributed by atoms with Crippen molar-refractivity contribution in [2.45, 2.75) is 39.5 Å². The van der Waals surface area contributed by atoms with E-state index in [1.165, 1.54) is 5.56 Å². The van der Waals surface area contributed by atoms with Gasteiger partial charge in [0.25, 0.3) is 0 Å². The average Bonchev–Trinajstić information content (AvgIpc) is 3.13. The number of rotatable bonds is 8. The number of hydrazine groups is 1. The molecule has 0 radical (unpaired) electrons. The smallest absolute Gasteiger partial charge is 0.242 e. The number of aromatic nitrogens is 1. The number of aromatic amines is 1. The Morgan fingerprint density at radius 1 is 0.900 bits per heavy atom. The van der Waals surface area contributed by atoms with Gasteiger partial charge in [0, 0.05) is 35.5 Å². The van der Waals surface area contributed by atoms with Gasteiger partial charge in [-0.25, -0.2) is 0 Å². The average molecular weight is 405 g/mol. The highest BCUT2D eigenvalue weighted by molar-refractivity contribution is 5.98. The first-order valence-electron chi connectivity index (χ1n) is 10.2. The first-order valence-corrected chi connectivity index (χ1v) is 10.2. The van der Waals surface area contributed by atoms with Crippen molar-refractivity contribution in [3.8, 4) is 0 Å². The van der Waals surface area contributed by atoms with Crippen LogP contribution in [0.3, 0.4) is 0 Å². The van der Waals surface area contributed by atoms with Gasteiger partial charge in [-0.3, -0.25) is 25.2 Å². The minimum atomic E-state index is -0.396. The Balaban J connectivity index is 1.42. The van der Waals surface area contributed by atoms with E-state index in [0.29, 0.717) is 11.5 Å². The highest BCUT2D eigenvalue weighted by Gasteiger charge is 2.12. The van der Waals surface area contributed by atoms with Crippen LogP contribution in [0.2, 0.25) is 0 Å². The van der Waals surface area contributed by atoms with Crippen LogP contribution in [0, 0.1) is 5.92 Å². The Hall–Kier alpha value is -3.41. The van der Waals surface area contributed by atoms with Crippen molar-refractivity contribution in [3.05, 3.63) is 71.4 Å². The van der Waals surface area contributed by atoms with Gasteiger partial charge in [-0.1, -0.05) is 56.3 Å². The number of Topliss-reactive ketones (excluding diaryl/α,β-unsaturated/α-hetero) is 1. The van der Waals surface area contributed by atoms with Crippen molar-refractivity contribution in [3.63, 3.8) is 0 Å². The zero-order valence-corrected chi connectivity index (χ0v) is 17.3. The maximum absolute atomic E-state index is 12.3. The second-order valence-corrected chi connectivity index (χ2v) is 7.85. The number of fused-ring (bicyclic) bond motifs is 1. The van der Waals surface area contributed by atoms with Crippen LogP contribution in [0.5, 0.6) is 0 Å². The van der Waals surface area contributed by atoms with Gasteiger partial charge in [0.2, 0.25) is 11.8 Å². The maximum Gasteiger partial charge on any atom is 0.242 e. The molecule has 0 aliphatic rings. The van der Waals surface area contributed by atoms with Crippen molar-refractivity contribution < 1.29 is 14.4 Å². The molecule has 156 valence electrons. The lowest BCUT2D eigenvalue weighted by Gasteiger charge is -2.08. The quantitative estimate of drug-likeness (QED) is 0.394. The Kier molecular flexibility index (Phi) is 7.01. The molecule has 1 aromatic heterocycles. The van der Waals surface area contributed by atoms with E-state index in [0.717, 1.165) is 22.9 Å². The summed E-state index contributed by atoms with van der Waals surface area (Å²) in [4.78, 5) is 39.5.